The number of nitrogens with two attached hydrogens (primary N) is 1. The molecular formula is C14H24N2O5. The van der Waals surface area contributed by atoms with Crippen molar-refractivity contribution in [3.63, 3.8) is 0 Å². The smallest absolute Gasteiger partial charge is 0.333 e. The van der Waals surface area contributed by atoms with Crippen LogP contribution >= 0.6 is 0 Å². The van der Waals surface area contributed by atoms with E-state index in [1.165, 1.54) is 4.90 Å². The van der Waals surface area contributed by atoms with Crippen molar-refractivity contribution in [2.75, 3.05) is 6.54 Å². The van der Waals surface area contributed by atoms with Crippen molar-refractivity contribution in [2.24, 2.45) is 11.7 Å². The Morgan fingerprint density at radius 2 is 1.90 bits per heavy atom. The Morgan fingerprint density at radius 3 is 2.38 bits per heavy atom. The van der Waals surface area contributed by atoms with Crippen molar-refractivity contribution in [3.8, 4) is 0 Å². The van der Waals surface area contributed by atoms with E-state index >= 15 is 0 Å². The SMILES string of the molecule is CC1CCN(C(=O)C(N)C(=O)OC(C)(C)C)C(C(=O)O)C1. The lowest BCUT2D eigenvalue weighted by Crippen LogP contribution is -2.57. The number of hydrogen-bond acceptors (Lipinski definition) is 5. The van der Waals surface area contributed by atoms with Crippen molar-refractivity contribution >= 4 is 17.8 Å². The van der Waals surface area contributed by atoms with Crippen molar-refractivity contribution in [3.05, 3.63) is 0 Å². The summed E-state index contributed by atoms with van der Waals surface area (Å²) in [6.45, 7) is 7.24. The summed E-state index contributed by atoms with van der Waals surface area (Å²) in [7, 11) is 0. The number of carboxylic acid groups (broad SMARTS) is 1. The number of piperidine rings is 1. The number of aliphatic carboxylic acids is 1. The third-order valence-electron chi connectivity index (χ3n) is 3.36. The fraction of sp³-hybridized carbons (Fsp3) is 0.786. The molecule has 1 rings (SSSR count). The quantitative estimate of drug-likeness (QED) is 0.575. The van der Waals surface area contributed by atoms with Gasteiger partial charge in [0.25, 0.3) is 5.91 Å². The van der Waals surface area contributed by atoms with Crippen LogP contribution < -0.4 is 5.73 Å². The van der Waals surface area contributed by atoms with Gasteiger partial charge < -0.3 is 20.5 Å². The molecule has 1 heterocycles. The molecule has 1 aliphatic heterocycles. The summed E-state index contributed by atoms with van der Waals surface area (Å²) in [5, 5.41) is 9.23. The number of carbonyl (C=O) groups excluding carboxylic acids is 2. The molecule has 7 nitrogen and oxygen atoms in total. The molecule has 1 saturated heterocycles. The van der Waals surface area contributed by atoms with Crippen molar-refractivity contribution in [1.29, 1.82) is 0 Å². The average molecular weight is 300 g/mol. The Bertz CT molecular complexity index is 430. The maximum Gasteiger partial charge on any atom is 0.333 e. The summed E-state index contributed by atoms with van der Waals surface area (Å²) in [4.78, 5) is 36.6. The molecule has 0 radical (unpaired) electrons. The predicted molar refractivity (Wildman–Crippen MR) is 75.4 cm³/mol. The van der Waals surface area contributed by atoms with E-state index in [1.807, 2.05) is 6.92 Å². The second-order valence-corrected chi connectivity index (χ2v) is 6.53. The fourth-order valence-electron chi connectivity index (χ4n) is 2.28. The molecule has 0 aromatic carbocycles. The van der Waals surface area contributed by atoms with Crippen LogP contribution in [-0.2, 0) is 19.1 Å². The first-order valence-electron chi connectivity index (χ1n) is 7.04. The van der Waals surface area contributed by atoms with Crippen LogP contribution in [0.4, 0.5) is 0 Å². The first kappa shape index (κ1) is 17.4. The van der Waals surface area contributed by atoms with Crippen molar-refractivity contribution in [2.45, 2.75) is 58.2 Å². The Kier molecular flexibility index (Phi) is 5.33. The largest absolute Gasteiger partial charge is 0.480 e. The number of rotatable bonds is 3. The van der Waals surface area contributed by atoms with Gasteiger partial charge in [-0.15, -0.1) is 0 Å². The Morgan fingerprint density at radius 1 is 1.33 bits per heavy atom. The zero-order valence-corrected chi connectivity index (χ0v) is 13.0. The molecule has 3 unspecified atom stereocenters. The highest BCUT2D eigenvalue weighted by molar-refractivity contribution is 6.03. The van der Waals surface area contributed by atoms with E-state index in [-0.39, 0.29) is 12.5 Å². The van der Waals surface area contributed by atoms with E-state index in [2.05, 4.69) is 0 Å². The number of esters is 1. The maximum absolute atomic E-state index is 12.3. The summed E-state index contributed by atoms with van der Waals surface area (Å²) >= 11 is 0. The lowest BCUT2D eigenvalue weighted by Gasteiger charge is -2.37. The molecular weight excluding hydrogens is 276 g/mol. The van der Waals surface area contributed by atoms with Crippen molar-refractivity contribution < 1.29 is 24.2 Å². The van der Waals surface area contributed by atoms with Gasteiger partial charge in [-0.2, -0.15) is 0 Å². The van der Waals surface area contributed by atoms with Crippen LogP contribution in [0.1, 0.15) is 40.5 Å². The van der Waals surface area contributed by atoms with Gasteiger partial charge in [0.05, 0.1) is 0 Å². The minimum Gasteiger partial charge on any atom is -0.480 e. The Hall–Kier alpha value is -1.63. The minimum absolute atomic E-state index is 0.216. The van der Waals surface area contributed by atoms with Crippen LogP contribution in [0.3, 0.4) is 0 Å². The van der Waals surface area contributed by atoms with Crippen molar-refractivity contribution in [1.82, 2.24) is 4.90 Å². The van der Waals surface area contributed by atoms with Gasteiger partial charge >= 0.3 is 11.9 Å². The standard InChI is InChI=1S/C14H24N2O5/c1-8-5-6-16(9(7-8)12(18)19)11(17)10(15)13(20)21-14(2,3)4/h8-10H,5-7,15H2,1-4H3,(H,18,19). The highest BCUT2D eigenvalue weighted by atomic mass is 16.6. The van der Waals surface area contributed by atoms with Gasteiger partial charge in [0.1, 0.15) is 11.6 Å². The third-order valence-corrected chi connectivity index (χ3v) is 3.36. The van der Waals surface area contributed by atoms with E-state index < -0.39 is 35.5 Å². The minimum atomic E-state index is -1.49. The maximum atomic E-state index is 12.3. The van der Waals surface area contributed by atoms with Crippen LogP contribution in [0.25, 0.3) is 0 Å². The summed E-state index contributed by atoms with van der Waals surface area (Å²) in [5.74, 6) is -2.39. The average Bonchev–Trinajstić information content (AvgIpc) is 2.34. The van der Waals surface area contributed by atoms with Crippen LogP contribution in [0.5, 0.6) is 0 Å². The molecule has 0 aromatic heterocycles. The molecule has 1 aliphatic rings. The summed E-state index contributed by atoms with van der Waals surface area (Å²) in [6, 6.07) is -2.42. The first-order chi connectivity index (χ1) is 9.53. The molecule has 0 saturated carbocycles. The second kappa shape index (κ2) is 6.43. The lowest BCUT2D eigenvalue weighted by atomic mass is 9.92. The lowest BCUT2D eigenvalue weighted by molar-refractivity contribution is -0.164. The molecule has 0 spiro atoms. The zero-order valence-electron chi connectivity index (χ0n) is 13.0. The van der Waals surface area contributed by atoms with Gasteiger partial charge in [-0.1, -0.05) is 6.92 Å². The van der Waals surface area contributed by atoms with Gasteiger partial charge in [0.2, 0.25) is 0 Å². The molecule has 0 bridgehead atoms. The van der Waals surface area contributed by atoms with E-state index in [9.17, 15) is 19.5 Å². The Labute approximate surface area is 124 Å². The van der Waals surface area contributed by atoms with Gasteiger partial charge in [0, 0.05) is 6.54 Å². The number of carbonyl (C=O) groups is 3. The van der Waals surface area contributed by atoms with Crippen LogP contribution in [-0.4, -0.2) is 52.1 Å². The van der Waals surface area contributed by atoms with E-state index in [0.717, 1.165) is 0 Å². The molecule has 0 aromatic rings. The van der Waals surface area contributed by atoms with E-state index in [1.54, 1.807) is 20.8 Å². The number of likely N-dealkylation sites (tertiary alicyclic amines) is 1. The van der Waals surface area contributed by atoms with Gasteiger partial charge in [0.15, 0.2) is 6.04 Å². The van der Waals surface area contributed by atoms with E-state index in [0.29, 0.717) is 12.8 Å². The molecule has 1 fully saturated rings. The highest BCUT2D eigenvalue weighted by Crippen LogP contribution is 2.23. The fourth-order valence-corrected chi connectivity index (χ4v) is 2.28. The van der Waals surface area contributed by atoms with Crippen LogP contribution in [0.15, 0.2) is 0 Å². The number of hydrogen-bond donors (Lipinski definition) is 2. The normalized spacial score (nSPS) is 24.3. The summed E-state index contributed by atoms with van der Waals surface area (Å²) in [6.07, 6.45) is 1.05. The number of ether oxygens (including phenoxy) is 1. The topological polar surface area (TPSA) is 110 Å². The highest BCUT2D eigenvalue weighted by Gasteiger charge is 2.39. The molecule has 1 amide bonds. The third kappa shape index (κ3) is 4.70. The van der Waals surface area contributed by atoms with Gasteiger partial charge in [-0.3, -0.25) is 4.79 Å². The second-order valence-electron chi connectivity index (χ2n) is 6.53. The first-order valence-corrected chi connectivity index (χ1v) is 7.04. The van der Waals surface area contributed by atoms with Crippen LogP contribution in [0.2, 0.25) is 0 Å². The molecule has 21 heavy (non-hydrogen) atoms. The molecule has 7 heteroatoms. The number of amides is 1. The summed E-state index contributed by atoms with van der Waals surface area (Å²) < 4.78 is 5.07. The molecule has 120 valence electrons. The molecule has 3 N–H and O–H groups in total. The molecule has 3 atom stereocenters. The number of carboxylic acids is 1. The van der Waals surface area contributed by atoms with Gasteiger partial charge in [-0.05, 0) is 39.5 Å². The van der Waals surface area contributed by atoms with Crippen LogP contribution in [0, 0.1) is 5.92 Å². The monoisotopic (exact) mass is 300 g/mol. The Balaban J connectivity index is 2.80. The zero-order chi connectivity index (χ0) is 16.4. The summed E-state index contributed by atoms with van der Waals surface area (Å²) in [5.41, 5.74) is 4.88. The van der Waals surface area contributed by atoms with Gasteiger partial charge in [-0.25, -0.2) is 9.59 Å². The van der Waals surface area contributed by atoms with E-state index in [4.69, 9.17) is 10.5 Å². The molecule has 0 aliphatic carbocycles. The number of nitrogens with zero attached hydrogens (tertiary/aromatic N) is 1. The predicted octanol–water partition coefficient (Wildman–Crippen LogP) is 0.367.